The van der Waals surface area contributed by atoms with E-state index in [0.29, 0.717) is 37.4 Å². The van der Waals surface area contributed by atoms with Crippen LogP contribution in [0, 0.1) is 0 Å². The van der Waals surface area contributed by atoms with E-state index in [1.807, 2.05) is 37.3 Å². The number of rotatable bonds is 6. The largest absolute Gasteiger partial charge is 0.484 e. The van der Waals surface area contributed by atoms with Gasteiger partial charge < -0.3 is 14.4 Å². The number of morpholine rings is 1. The predicted octanol–water partition coefficient (Wildman–Crippen LogP) is 3.26. The van der Waals surface area contributed by atoms with Gasteiger partial charge in [-0.05, 0) is 29.8 Å². The van der Waals surface area contributed by atoms with Crippen molar-refractivity contribution in [2.75, 3.05) is 26.3 Å². The molecular weight excluding hydrogens is 330 g/mol. The van der Waals surface area contributed by atoms with Gasteiger partial charge in [-0.2, -0.15) is 0 Å². The molecule has 0 saturated carbocycles. The number of hydrogen-bond donors (Lipinski definition) is 0. The molecule has 2 aromatic rings. The molecule has 1 unspecified atom stereocenters. The molecule has 1 fully saturated rings. The van der Waals surface area contributed by atoms with Gasteiger partial charge in [0.2, 0.25) is 0 Å². The summed E-state index contributed by atoms with van der Waals surface area (Å²) in [6, 6.07) is 16.8. The van der Waals surface area contributed by atoms with E-state index in [0.717, 1.165) is 5.56 Å². The van der Waals surface area contributed by atoms with Crippen molar-refractivity contribution in [1.29, 1.82) is 0 Å². The third-order valence-corrected chi connectivity index (χ3v) is 4.45. The second kappa shape index (κ2) is 8.63. The zero-order chi connectivity index (χ0) is 18.4. The Morgan fingerprint density at radius 2 is 1.85 bits per heavy atom. The van der Waals surface area contributed by atoms with E-state index >= 15 is 0 Å². The van der Waals surface area contributed by atoms with Crippen molar-refractivity contribution < 1.29 is 19.1 Å². The molecule has 0 aliphatic carbocycles. The first-order chi connectivity index (χ1) is 12.7. The summed E-state index contributed by atoms with van der Waals surface area (Å²) >= 11 is 0. The summed E-state index contributed by atoms with van der Waals surface area (Å²) in [6.07, 6.45) is 0.367. The third-order valence-electron chi connectivity index (χ3n) is 4.45. The number of ketones is 1. The van der Waals surface area contributed by atoms with Gasteiger partial charge in [-0.15, -0.1) is 0 Å². The van der Waals surface area contributed by atoms with Crippen molar-refractivity contribution in [1.82, 2.24) is 4.90 Å². The van der Waals surface area contributed by atoms with Crippen LogP contribution in [-0.4, -0.2) is 42.9 Å². The summed E-state index contributed by atoms with van der Waals surface area (Å²) < 4.78 is 11.4. The summed E-state index contributed by atoms with van der Waals surface area (Å²) in [7, 11) is 0. The molecule has 1 atom stereocenters. The fraction of sp³-hybridized carbons (Fsp3) is 0.333. The predicted molar refractivity (Wildman–Crippen MR) is 98.3 cm³/mol. The monoisotopic (exact) mass is 353 g/mol. The van der Waals surface area contributed by atoms with E-state index in [1.165, 1.54) is 0 Å². The number of carbonyl (C=O) groups is 2. The van der Waals surface area contributed by atoms with Crippen molar-refractivity contribution in [3.8, 4) is 5.75 Å². The molecule has 1 saturated heterocycles. The number of ether oxygens (including phenoxy) is 2. The molecule has 0 radical (unpaired) electrons. The molecule has 0 spiro atoms. The Morgan fingerprint density at radius 3 is 2.54 bits per heavy atom. The Bertz CT molecular complexity index is 742. The van der Waals surface area contributed by atoms with Crippen LogP contribution in [0.2, 0.25) is 0 Å². The first kappa shape index (κ1) is 18.1. The zero-order valence-electron chi connectivity index (χ0n) is 14.9. The van der Waals surface area contributed by atoms with E-state index in [-0.39, 0.29) is 24.4 Å². The lowest BCUT2D eigenvalue weighted by molar-refractivity contribution is -0.141. The number of nitrogens with zero attached hydrogens (tertiary/aromatic N) is 1. The molecule has 136 valence electrons. The summed E-state index contributed by atoms with van der Waals surface area (Å²) in [6.45, 7) is 3.41. The van der Waals surface area contributed by atoms with Crippen LogP contribution < -0.4 is 4.74 Å². The van der Waals surface area contributed by atoms with Crippen LogP contribution >= 0.6 is 0 Å². The second-order valence-electron chi connectivity index (χ2n) is 6.20. The average Bonchev–Trinajstić information content (AvgIpc) is 2.72. The van der Waals surface area contributed by atoms with Crippen LogP contribution in [0.5, 0.6) is 5.75 Å². The van der Waals surface area contributed by atoms with Crippen molar-refractivity contribution in [2.45, 2.75) is 19.4 Å². The fourth-order valence-corrected chi connectivity index (χ4v) is 2.92. The van der Waals surface area contributed by atoms with Crippen molar-refractivity contribution >= 4 is 11.7 Å². The van der Waals surface area contributed by atoms with E-state index in [4.69, 9.17) is 9.47 Å². The lowest BCUT2D eigenvalue weighted by Crippen LogP contribution is -2.44. The van der Waals surface area contributed by atoms with Crippen molar-refractivity contribution in [3.63, 3.8) is 0 Å². The van der Waals surface area contributed by atoms with Crippen LogP contribution in [0.3, 0.4) is 0 Å². The normalized spacial score (nSPS) is 17.0. The molecule has 2 aromatic carbocycles. The Labute approximate surface area is 153 Å². The molecule has 0 bridgehead atoms. The van der Waals surface area contributed by atoms with E-state index < -0.39 is 0 Å². The van der Waals surface area contributed by atoms with Crippen LogP contribution in [0.4, 0.5) is 0 Å². The Hall–Kier alpha value is -2.66. The SMILES string of the molecule is CCC(=O)c1ccc(OCC(=O)N2CCOC(c3ccccc3)C2)cc1. The van der Waals surface area contributed by atoms with Gasteiger partial charge in [-0.1, -0.05) is 37.3 Å². The van der Waals surface area contributed by atoms with E-state index in [9.17, 15) is 9.59 Å². The Morgan fingerprint density at radius 1 is 1.12 bits per heavy atom. The maximum Gasteiger partial charge on any atom is 0.260 e. The van der Waals surface area contributed by atoms with Crippen molar-refractivity contribution in [2.24, 2.45) is 0 Å². The highest BCUT2D eigenvalue weighted by Crippen LogP contribution is 2.22. The molecule has 0 aromatic heterocycles. The topological polar surface area (TPSA) is 55.8 Å². The third kappa shape index (κ3) is 4.49. The fourth-order valence-electron chi connectivity index (χ4n) is 2.92. The highest BCUT2D eigenvalue weighted by Gasteiger charge is 2.25. The summed E-state index contributed by atoms with van der Waals surface area (Å²) in [5.74, 6) is 0.606. The summed E-state index contributed by atoms with van der Waals surface area (Å²) in [5, 5.41) is 0. The minimum atomic E-state index is -0.103. The lowest BCUT2D eigenvalue weighted by atomic mass is 10.1. The van der Waals surface area contributed by atoms with Crippen LogP contribution in [-0.2, 0) is 9.53 Å². The maximum atomic E-state index is 12.5. The molecule has 26 heavy (non-hydrogen) atoms. The van der Waals surface area contributed by atoms with Crippen molar-refractivity contribution in [3.05, 3.63) is 65.7 Å². The molecule has 1 aliphatic rings. The molecule has 5 heteroatoms. The van der Waals surface area contributed by atoms with Crippen LogP contribution in [0.25, 0.3) is 0 Å². The molecule has 1 amide bonds. The molecule has 1 heterocycles. The lowest BCUT2D eigenvalue weighted by Gasteiger charge is -2.33. The van der Waals surface area contributed by atoms with Gasteiger partial charge in [0.25, 0.3) is 5.91 Å². The average molecular weight is 353 g/mol. The second-order valence-corrected chi connectivity index (χ2v) is 6.20. The van der Waals surface area contributed by atoms with Gasteiger partial charge in [0, 0.05) is 18.5 Å². The smallest absolute Gasteiger partial charge is 0.260 e. The standard InChI is InChI=1S/C21H23NO4/c1-2-19(23)16-8-10-18(11-9-16)26-15-21(24)22-12-13-25-20(14-22)17-6-4-3-5-7-17/h3-11,20H,2,12-15H2,1H3. The quantitative estimate of drug-likeness (QED) is 0.748. The van der Waals surface area contributed by atoms with Gasteiger partial charge in [-0.25, -0.2) is 0 Å². The minimum Gasteiger partial charge on any atom is -0.484 e. The minimum absolute atomic E-state index is 0.0252. The van der Waals surface area contributed by atoms with Gasteiger partial charge in [0.05, 0.1) is 13.2 Å². The van der Waals surface area contributed by atoms with Gasteiger partial charge in [0.15, 0.2) is 12.4 Å². The maximum absolute atomic E-state index is 12.5. The Balaban J connectivity index is 1.54. The molecular formula is C21H23NO4. The molecule has 5 nitrogen and oxygen atoms in total. The highest BCUT2D eigenvalue weighted by atomic mass is 16.5. The van der Waals surface area contributed by atoms with Crippen LogP contribution in [0.15, 0.2) is 54.6 Å². The van der Waals surface area contributed by atoms with E-state index in [2.05, 4.69) is 0 Å². The summed E-state index contributed by atoms with van der Waals surface area (Å²) in [4.78, 5) is 25.9. The van der Waals surface area contributed by atoms with Crippen LogP contribution in [0.1, 0.15) is 35.4 Å². The summed E-state index contributed by atoms with van der Waals surface area (Å²) in [5.41, 5.74) is 1.73. The Kier molecular flexibility index (Phi) is 6.02. The number of carbonyl (C=O) groups excluding carboxylic acids is 2. The number of Topliss-reactive ketones (excluding diaryl/α,β-unsaturated/α-hetero) is 1. The number of benzene rings is 2. The molecule has 1 aliphatic heterocycles. The zero-order valence-corrected chi connectivity index (χ0v) is 14.9. The first-order valence-corrected chi connectivity index (χ1v) is 8.87. The molecule has 0 N–H and O–H groups in total. The van der Waals surface area contributed by atoms with Gasteiger partial charge in [-0.3, -0.25) is 9.59 Å². The van der Waals surface area contributed by atoms with Gasteiger partial charge >= 0.3 is 0 Å². The highest BCUT2D eigenvalue weighted by molar-refractivity contribution is 5.95. The number of amides is 1. The van der Waals surface area contributed by atoms with Gasteiger partial charge in [0.1, 0.15) is 11.9 Å². The number of hydrogen-bond acceptors (Lipinski definition) is 4. The first-order valence-electron chi connectivity index (χ1n) is 8.87. The van der Waals surface area contributed by atoms with E-state index in [1.54, 1.807) is 29.2 Å². The molecule has 3 rings (SSSR count).